The number of nitrogens with one attached hydrogen (secondary N) is 2. The lowest BCUT2D eigenvalue weighted by Gasteiger charge is -2.18. The summed E-state index contributed by atoms with van der Waals surface area (Å²) in [5.74, 6) is 0.978. The highest BCUT2D eigenvalue weighted by Gasteiger charge is 2.23. The van der Waals surface area contributed by atoms with Gasteiger partial charge in [-0.05, 0) is 43.9 Å². The molecule has 0 radical (unpaired) electrons. The van der Waals surface area contributed by atoms with Crippen molar-refractivity contribution in [1.82, 2.24) is 0 Å². The van der Waals surface area contributed by atoms with Crippen molar-refractivity contribution in [2.24, 2.45) is 5.92 Å². The number of carbonyl (C=O) groups excluding carboxylic acids is 1. The van der Waals surface area contributed by atoms with Crippen LogP contribution in [-0.4, -0.2) is 11.9 Å². The van der Waals surface area contributed by atoms with Gasteiger partial charge in [-0.1, -0.05) is 25.8 Å². The Hall–Kier alpha value is -1.51. The molecule has 1 aliphatic rings. The predicted octanol–water partition coefficient (Wildman–Crippen LogP) is 3.94. The van der Waals surface area contributed by atoms with Gasteiger partial charge in [-0.15, -0.1) is 0 Å². The first-order valence-corrected chi connectivity index (χ1v) is 7.25. The molecule has 1 fully saturated rings. The van der Waals surface area contributed by atoms with E-state index in [1.807, 2.05) is 19.1 Å². The maximum atomic E-state index is 11.4. The normalized spacial score (nSPS) is 15.9. The molecule has 0 bridgehead atoms. The largest absolute Gasteiger partial charge is 0.382 e. The number of rotatable bonds is 6. The lowest BCUT2D eigenvalue weighted by atomic mass is 10.1. The van der Waals surface area contributed by atoms with Crippen LogP contribution in [0.2, 0.25) is 0 Å². The van der Waals surface area contributed by atoms with Gasteiger partial charge in [0.1, 0.15) is 0 Å². The Morgan fingerprint density at radius 3 is 2.79 bits per heavy atom. The lowest BCUT2D eigenvalue weighted by Crippen LogP contribution is -2.17. The fourth-order valence-corrected chi connectivity index (χ4v) is 2.28. The zero-order valence-electron chi connectivity index (χ0n) is 12.1. The van der Waals surface area contributed by atoms with Crippen LogP contribution in [-0.2, 0) is 4.79 Å². The Balaban J connectivity index is 2.00. The number of aryl methyl sites for hydroxylation is 1. The maximum absolute atomic E-state index is 11.4. The van der Waals surface area contributed by atoms with Crippen LogP contribution in [0.5, 0.6) is 0 Å². The molecule has 0 saturated heterocycles. The fourth-order valence-electron chi connectivity index (χ4n) is 2.28. The smallest absolute Gasteiger partial charge is 0.224 e. The van der Waals surface area contributed by atoms with Crippen LogP contribution in [0.25, 0.3) is 0 Å². The molecular formula is C16H24N2O. The first-order valence-electron chi connectivity index (χ1n) is 7.25. The summed E-state index contributed by atoms with van der Waals surface area (Å²) < 4.78 is 0. The second-order valence-electron chi connectivity index (χ2n) is 5.66. The van der Waals surface area contributed by atoms with Crippen molar-refractivity contribution in [1.29, 1.82) is 0 Å². The lowest BCUT2D eigenvalue weighted by molar-refractivity contribution is -0.115. The van der Waals surface area contributed by atoms with E-state index in [1.165, 1.54) is 24.8 Å². The van der Waals surface area contributed by atoms with E-state index >= 15 is 0 Å². The van der Waals surface area contributed by atoms with Gasteiger partial charge < -0.3 is 10.6 Å². The van der Waals surface area contributed by atoms with Crippen molar-refractivity contribution in [2.45, 2.75) is 52.5 Å². The van der Waals surface area contributed by atoms with Crippen LogP contribution >= 0.6 is 0 Å². The van der Waals surface area contributed by atoms with Crippen molar-refractivity contribution in [3.63, 3.8) is 0 Å². The van der Waals surface area contributed by atoms with E-state index in [2.05, 4.69) is 30.5 Å². The molecule has 3 nitrogen and oxygen atoms in total. The second-order valence-corrected chi connectivity index (χ2v) is 5.66. The average molecular weight is 260 g/mol. The third-order valence-corrected chi connectivity index (χ3v) is 3.63. The highest BCUT2D eigenvalue weighted by Crippen LogP contribution is 2.34. The molecule has 0 spiro atoms. The molecule has 2 rings (SSSR count). The Morgan fingerprint density at radius 1 is 1.42 bits per heavy atom. The molecule has 1 aromatic rings. The van der Waals surface area contributed by atoms with Crippen molar-refractivity contribution < 1.29 is 4.79 Å². The maximum Gasteiger partial charge on any atom is 0.224 e. The minimum atomic E-state index is 0.0563. The van der Waals surface area contributed by atoms with Crippen molar-refractivity contribution in [3.05, 3.63) is 23.8 Å². The predicted molar refractivity (Wildman–Crippen MR) is 80.5 cm³/mol. The Bertz CT molecular complexity index is 452. The molecule has 0 aromatic heterocycles. The van der Waals surface area contributed by atoms with Crippen LogP contribution in [0, 0.1) is 12.8 Å². The van der Waals surface area contributed by atoms with Gasteiger partial charge in [-0.2, -0.15) is 0 Å². The van der Waals surface area contributed by atoms with Crippen LogP contribution in [0.4, 0.5) is 11.4 Å². The van der Waals surface area contributed by atoms with Gasteiger partial charge in [0.2, 0.25) is 5.91 Å². The molecule has 1 saturated carbocycles. The third kappa shape index (κ3) is 4.27. The SMILES string of the molecule is CCC(=O)Nc1ccc(C)c(NC(C)CC2CC2)c1. The minimum Gasteiger partial charge on any atom is -0.382 e. The number of benzene rings is 1. The first-order chi connectivity index (χ1) is 9.08. The topological polar surface area (TPSA) is 41.1 Å². The van der Waals surface area contributed by atoms with E-state index < -0.39 is 0 Å². The number of amides is 1. The van der Waals surface area contributed by atoms with E-state index in [1.54, 1.807) is 0 Å². The fraction of sp³-hybridized carbons (Fsp3) is 0.562. The molecule has 2 N–H and O–H groups in total. The van der Waals surface area contributed by atoms with Gasteiger partial charge in [0.15, 0.2) is 0 Å². The van der Waals surface area contributed by atoms with Crippen LogP contribution in [0.1, 0.15) is 45.1 Å². The van der Waals surface area contributed by atoms with E-state index in [9.17, 15) is 4.79 Å². The molecule has 3 heteroatoms. The highest BCUT2D eigenvalue weighted by atomic mass is 16.1. The molecule has 1 aromatic carbocycles. The Morgan fingerprint density at radius 2 is 2.16 bits per heavy atom. The molecule has 19 heavy (non-hydrogen) atoms. The number of hydrogen-bond donors (Lipinski definition) is 2. The summed E-state index contributed by atoms with van der Waals surface area (Å²) in [6.45, 7) is 6.19. The molecule has 1 aliphatic carbocycles. The Kier molecular flexibility index (Phi) is 4.46. The van der Waals surface area contributed by atoms with Gasteiger partial charge in [0.05, 0.1) is 0 Å². The monoisotopic (exact) mass is 260 g/mol. The van der Waals surface area contributed by atoms with E-state index in [0.717, 1.165) is 17.3 Å². The summed E-state index contributed by atoms with van der Waals surface area (Å²) in [6, 6.07) is 6.53. The molecule has 1 atom stereocenters. The van der Waals surface area contributed by atoms with E-state index in [0.29, 0.717) is 12.5 Å². The number of carbonyl (C=O) groups is 1. The summed E-state index contributed by atoms with van der Waals surface area (Å²) >= 11 is 0. The molecule has 0 aliphatic heterocycles. The van der Waals surface area contributed by atoms with Crippen LogP contribution in [0.15, 0.2) is 18.2 Å². The van der Waals surface area contributed by atoms with Gasteiger partial charge >= 0.3 is 0 Å². The minimum absolute atomic E-state index is 0.0563. The van der Waals surface area contributed by atoms with Gasteiger partial charge in [0.25, 0.3) is 0 Å². The van der Waals surface area contributed by atoms with Gasteiger partial charge in [0, 0.05) is 23.8 Å². The molecule has 0 heterocycles. The first kappa shape index (κ1) is 13.9. The van der Waals surface area contributed by atoms with Gasteiger partial charge in [-0.25, -0.2) is 0 Å². The van der Waals surface area contributed by atoms with Crippen molar-refractivity contribution in [2.75, 3.05) is 10.6 Å². The summed E-state index contributed by atoms with van der Waals surface area (Å²) in [7, 11) is 0. The van der Waals surface area contributed by atoms with Crippen LogP contribution in [0.3, 0.4) is 0 Å². The standard InChI is InChI=1S/C16H24N2O/c1-4-16(19)18-14-8-5-11(2)15(10-14)17-12(3)9-13-6-7-13/h5,8,10,12-13,17H,4,6-7,9H2,1-3H3,(H,18,19). The average Bonchev–Trinajstić information content (AvgIpc) is 3.17. The molecule has 1 unspecified atom stereocenters. The summed E-state index contributed by atoms with van der Waals surface area (Å²) in [6.07, 6.45) is 4.52. The molecule has 104 valence electrons. The third-order valence-electron chi connectivity index (χ3n) is 3.63. The van der Waals surface area contributed by atoms with Crippen molar-refractivity contribution in [3.8, 4) is 0 Å². The number of hydrogen-bond acceptors (Lipinski definition) is 2. The molecule has 1 amide bonds. The quantitative estimate of drug-likeness (QED) is 0.813. The molecular weight excluding hydrogens is 236 g/mol. The van der Waals surface area contributed by atoms with Gasteiger partial charge in [-0.3, -0.25) is 4.79 Å². The van der Waals surface area contributed by atoms with Crippen molar-refractivity contribution >= 4 is 17.3 Å². The second kappa shape index (κ2) is 6.09. The summed E-state index contributed by atoms with van der Waals surface area (Å²) in [5, 5.41) is 6.47. The Labute approximate surface area is 115 Å². The number of anilines is 2. The zero-order chi connectivity index (χ0) is 13.8. The summed E-state index contributed by atoms with van der Waals surface area (Å²) in [5.41, 5.74) is 3.22. The highest BCUT2D eigenvalue weighted by molar-refractivity contribution is 5.91. The van der Waals surface area contributed by atoms with Crippen LogP contribution < -0.4 is 10.6 Å². The summed E-state index contributed by atoms with van der Waals surface area (Å²) in [4.78, 5) is 11.4. The zero-order valence-corrected chi connectivity index (χ0v) is 12.1. The van der Waals surface area contributed by atoms with E-state index in [4.69, 9.17) is 0 Å². The van der Waals surface area contributed by atoms with E-state index in [-0.39, 0.29) is 5.91 Å².